The number of hydrogen-bond acceptors (Lipinski definition) is 3. The Morgan fingerprint density at radius 1 is 0.870 bits per heavy atom. The molecule has 0 aromatic heterocycles. The highest BCUT2D eigenvalue weighted by molar-refractivity contribution is 7.53. The average molecular weight is 332 g/mol. The lowest BCUT2D eigenvalue weighted by Gasteiger charge is -2.18. The average Bonchev–Trinajstić information content (AvgIpc) is 2.56. The van der Waals surface area contributed by atoms with Crippen molar-refractivity contribution >= 4 is 7.60 Å². The zero-order valence-electron chi connectivity index (χ0n) is 14.1. The minimum Gasteiger partial charge on any atom is -0.309 e. The van der Waals surface area contributed by atoms with Crippen molar-refractivity contribution in [3.05, 3.63) is 71.3 Å². The molecule has 2 aromatic carbocycles. The monoisotopic (exact) mass is 332 g/mol. The quantitative estimate of drug-likeness (QED) is 0.590. The molecule has 23 heavy (non-hydrogen) atoms. The molecule has 1 unspecified atom stereocenters. The van der Waals surface area contributed by atoms with Crippen LogP contribution in [0.2, 0.25) is 0 Å². The number of hydrogen-bond donors (Lipinski definition) is 0. The van der Waals surface area contributed by atoms with Crippen molar-refractivity contribution < 1.29 is 13.6 Å². The second-order valence-electron chi connectivity index (χ2n) is 5.48. The summed E-state index contributed by atoms with van der Waals surface area (Å²) in [6.45, 7) is 6.63. The molecule has 0 radical (unpaired) electrons. The zero-order chi connectivity index (χ0) is 16.7. The van der Waals surface area contributed by atoms with Crippen LogP contribution >= 0.6 is 7.60 Å². The lowest BCUT2D eigenvalue weighted by Crippen LogP contribution is -2.00. The molecule has 0 N–H and O–H groups in total. The van der Waals surface area contributed by atoms with E-state index in [4.69, 9.17) is 9.05 Å². The fourth-order valence-electron chi connectivity index (χ4n) is 2.59. The Hall–Kier alpha value is -1.41. The first-order chi connectivity index (χ1) is 11.1. The van der Waals surface area contributed by atoms with E-state index in [1.54, 1.807) is 0 Å². The Morgan fingerprint density at radius 3 is 1.91 bits per heavy atom. The van der Waals surface area contributed by atoms with Crippen molar-refractivity contribution in [3.63, 3.8) is 0 Å². The summed E-state index contributed by atoms with van der Waals surface area (Å²) in [5.74, 6) is 0.329. The van der Waals surface area contributed by atoms with Gasteiger partial charge in [-0.2, -0.15) is 0 Å². The highest BCUT2D eigenvalue weighted by atomic mass is 31.2. The molecular formula is C19H25O3P. The zero-order valence-corrected chi connectivity index (χ0v) is 15.0. The molecule has 0 bridgehead atoms. The summed E-state index contributed by atoms with van der Waals surface area (Å²) in [6.07, 6.45) is 0.314. The van der Waals surface area contributed by atoms with Crippen LogP contribution in [0.3, 0.4) is 0 Å². The van der Waals surface area contributed by atoms with Crippen LogP contribution in [0.1, 0.15) is 43.4 Å². The molecule has 0 aliphatic heterocycles. The summed E-state index contributed by atoms with van der Waals surface area (Å²) in [5, 5.41) is 0. The molecule has 0 spiro atoms. The fraction of sp³-hybridized carbons (Fsp3) is 0.368. The molecule has 4 heteroatoms. The van der Waals surface area contributed by atoms with Crippen LogP contribution < -0.4 is 0 Å². The van der Waals surface area contributed by atoms with Gasteiger partial charge >= 0.3 is 7.60 Å². The SMILES string of the molecule is CCOP(=O)(Cc1ccc(C(C)c2ccccc2)cc1)OCC. The van der Waals surface area contributed by atoms with Gasteiger partial charge in [0.15, 0.2) is 0 Å². The molecule has 0 saturated carbocycles. The van der Waals surface area contributed by atoms with E-state index >= 15 is 0 Å². The van der Waals surface area contributed by atoms with Crippen molar-refractivity contribution in [3.8, 4) is 0 Å². The smallest absolute Gasteiger partial charge is 0.309 e. The Balaban J connectivity index is 2.11. The number of benzene rings is 2. The van der Waals surface area contributed by atoms with Gasteiger partial charge in [-0.05, 0) is 30.5 Å². The van der Waals surface area contributed by atoms with Gasteiger partial charge in [0.05, 0.1) is 19.4 Å². The molecule has 2 rings (SSSR count). The lowest BCUT2D eigenvalue weighted by atomic mass is 9.93. The Morgan fingerprint density at radius 2 is 1.39 bits per heavy atom. The molecule has 124 valence electrons. The predicted molar refractivity (Wildman–Crippen MR) is 95.0 cm³/mol. The van der Waals surface area contributed by atoms with E-state index in [0.29, 0.717) is 25.3 Å². The van der Waals surface area contributed by atoms with Gasteiger partial charge in [0.25, 0.3) is 0 Å². The minimum absolute atomic E-state index is 0.314. The summed E-state index contributed by atoms with van der Waals surface area (Å²) >= 11 is 0. The van der Waals surface area contributed by atoms with Gasteiger partial charge in [-0.25, -0.2) is 0 Å². The molecule has 0 aliphatic rings. The molecule has 0 amide bonds. The maximum absolute atomic E-state index is 12.6. The first-order valence-corrected chi connectivity index (χ1v) is 9.82. The summed E-state index contributed by atoms with van der Waals surface area (Å²) in [7, 11) is -3.04. The van der Waals surface area contributed by atoms with Crippen LogP contribution in [-0.2, 0) is 19.8 Å². The molecule has 0 aliphatic carbocycles. The topological polar surface area (TPSA) is 35.5 Å². The van der Waals surface area contributed by atoms with Crippen LogP contribution in [-0.4, -0.2) is 13.2 Å². The van der Waals surface area contributed by atoms with E-state index in [-0.39, 0.29) is 0 Å². The molecule has 0 fully saturated rings. The third-order valence-corrected chi connectivity index (χ3v) is 5.86. The maximum atomic E-state index is 12.6. The Kier molecular flexibility index (Phi) is 6.59. The van der Waals surface area contributed by atoms with Gasteiger partial charge in [-0.1, -0.05) is 61.5 Å². The standard InChI is InChI=1S/C19H25O3P/c1-4-21-23(20,22-5-2)15-17-11-13-19(14-12-17)16(3)18-9-7-6-8-10-18/h6-14,16H,4-5,15H2,1-3H3. The van der Waals surface area contributed by atoms with Gasteiger partial charge < -0.3 is 9.05 Å². The summed E-state index contributed by atoms with van der Waals surface area (Å²) in [6, 6.07) is 18.6. The fourth-order valence-corrected chi connectivity index (χ4v) is 4.29. The van der Waals surface area contributed by atoms with Gasteiger partial charge in [0.2, 0.25) is 0 Å². The van der Waals surface area contributed by atoms with E-state index in [1.807, 2.05) is 32.0 Å². The van der Waals surface area contributed by atoms with Crippen molar-refractivity contribution in [2.24, 2.45) is 0 Å². The highest BCUT2D eigenvalue weighted by Crippen LogP contribution is 2.51. The second-order valence-corrected chi connectivity index (χ2v) is 7.53. The van der Waals surface area contributed by atoms with Crippen molar-refractivity contribution in [2.75, 3.05) is 13.2 Å². The van der Waals surface area contributed by atoms with Crippen LogP contribution in [0.15, 0.2) is 54.6 Å². The number of rotatable bonds is 8. The van der Waals surface area contributed by atoms with Gasteiger partial charge in [-0.3, -0.25) is 4.57 Å². The predicted octanol–water partition coefficient (Wildman–Crippen LogP) is 5.60. The molecule has 3 nitrogen and oxygen atoms in total. The Bertz CT molecular complexity index is 627. The van der Waals surface area contributed by atoms with Gasteiger partial charge in [0, 0.05) is 5.92 Å². The van der Waals surface area contributed by atoms with Crippen LogP contribution in [0, 0.1) is 0 Å². The molecule has 0 heterocycles. The van der Waals surface area contributed by atoms with E-state index in [0.717, 1.165) is 5.56 Å². The van der Waals surface area contributed by atoms with E-state index in [2.05, 4.69) is 43.3 Å². The first kappa shape index (κ1) is 17.9. The first-order valence-electron chi connectivity index (χ1n) is 8.10. The summed E-state index contributed by atoms with van der Waals surface area (Å²) < 4.78 is 23.3. The lowest BCUT2D eigenvalue weighted by molar-refractivity contribution is 0.219. The maximum Gasteiger partial charge on any atom is 0.335 e. The van der Waals surface area contributed by atoms with E-state index < -0.39 is 7.60 Å². The van der Waals surface area contributed by atoms with Gasteiger partial charge in [-0.15, -0.1) is 0 Å². The second kappa shape index (κ2) is 8.44. The van der Waals surface area contributed by atoms with Crippen molar-refractivity contribution in [1.82, 2.24) is 0 Å². The van der Waals surface area contributed by atoms with Gasteiger partial charge in [0.1, 0.15) is 0 Å². The van der Waals surface area contributed by atoms with Crippen molar-refractivity contribution in [2.45, 2.75) is 32.9 Å². The van der Waals surface area contributed by atoms with Crippen molar-refractivity contribution in [1.29, 1.82) is 0 Å². The third kappa shape index (κ3) is 5.04. The van der Waals surface area contributed by atoms with Crippen LogP contribution in [0.25, 0.3) is 0 Å². The van der Waals surface area contributed by atoms with Crippen LogP contribution in [0.4, 0.5) is 0 Å². The normalized spacial score (nSPS) is 13.0. The molecule has 0 saturated heterocycles. The highest BCUT2D eigenvalue weighted by Gasteiger charge is 2.24. The molecule has 1 atom stereocenters. The summed E-state index contributed by atoms with van der Waals surface area (Å²) in [4.78, 5) is 0. The third-order valence-electron chi connectivity index (χ3n) is 3.81. The largest absolute Gasteiger partial charge is 0.335 e. The summed E-state index contributed by atoms with van der Waals surface area (Å²) in [5.41, 5.74) is 3.50. The van der Waals surface area contributed by atoms with E-state index in [9.17, 15) is 4.57 Å². The Labute approximate surface area is 139 Å². The minimum atomic E-state index is -3.04. The molecular weight excluding hydrogens is 307 g/mol. The van der Waals surface area contributed by atoms with E-state index in [1.165, 1.54) is 11.1 Å². The molecule has 2 aromatic rings. The van der Waals surface area contributed by atoms with Crippen LogP contribution in [0.5, 0.6) is 0 Å².